The van der Waals surface area contributed by atoms with Crippen LogP contribution in [0.1, 0.15) is 41.6 Å². The highest BCUT2D eigenvalue weighted by molar-refractivity contribution is 5.94. The summed E-state index contributed by atoms with van der Waals surface area (Å²) in [7, 11) is 0. The molecule has 1 aromatic carbocycles. The van der Waals surface area contributed by atoms with Crippen LogP contribution in [-0.4, -0.2) is 36.0 Å². The molecule has 0 radical (unpaired) electrons. The Bertz CT molecular complexity index is 526. The third-order valence-corrected chi connectivity index (χ3v) is 4.38. The summed E-state index contributed by atoms with van der Waals surface area (Å²) in [5.41, 5.74) is 1.28. The summed E-state index contributed by atoms with van der Waals surface area (Å²) in [6.07, 6.45) is 4.56. The van der Waals surface area contributed by atoms with Crippen molar-refractivity contribution in [2.24, 2.45) is 0 Å². The molecule has 2 atom stereocenters. The number of nitriles is 1. The fraction of sp³-hybridized carbons (Fsp3) is 0.500. The van der Waals surface area contributed by atoms with Gasteiger partial charge in [0.1, 0.15) is 0 Å². The maximum absolute atomic E-state index is 12.6. The van der Waals surface area contributed by atoms with Crippen molar-refractivity contribution in [1.29, 1.82) is 5.26 Å². The molecule has 0 bridgehead atoms. The van der Waals surface area contributed by atoms with Gasteiger partial charge in [0, 0.05) is 24.2 Å². The molecule has 2 saturated heterocycles. The molecule has 1 N–H and O–H groups in total. The molecule has 0 saturated carbocycles. The molecule has 2 heterocycles. The second-order valence-electron chi connectivity index (χ2n) is 5.60. The van der Waals surface area contributed by atoms with E-state index in [1.54, 1.807) is 24.3 Å². The van der Waals surface area contributed by atoms with Crippen LogP contribution in [-0.2, 0) is 0 Å². The van der Waals surface area contributed by atoms with Gasteiger partial charge in [-0.2, -0.15) is 5.26 Å². The predicted octanol–water partition coefficient (Wildman–Crippen LogP) is 1.91. The van der Waals surface area contributed by atoms with Crippen LogP contribution in [0.15, 0.2) is 24.3 Å². The van der Waals surface area contributed by atoms with Crippen molar-refractivity contribution in [3.8, 4) is 6.07 Å². The lowest BCUT2D eigenvalue weighted by Gasteiger charge is -2.29. The highest BCUT2D eigenvalue weighted by atomic mass is 16.2. The van der Waals surface area contributed by atoms with E-state index in [0.29, 0.717) is 23.2 Å². The van der Waals surface area contributed by atoms with Gasteiger partial charge in [-0.15, -0.1) is 0 Å². The van der Waals surface area contributed by atoms with Crippen molar-refractivity contribution in [3.63, 3.8) is 0 Å². The molecule has 1 amide bonds. The van der Waals surface area contributed by atoms with Crippen LogP contribution in [0.5, 0.6) is 0 Å². The van der Waals surface area contributed by atoms with Crippen molar-refractivity contribution in [1.82, 2.24) is 10.2 Å². The van der Waals surface area contributed by atoms with Crippen LogP contribution in [0.25, 0.3) is 0 Å². The normalized spacial score (nSPS) is 25.6. The van der Waals surface area contributed by atoms with E-state index >= 15 is 0 Å². The van der Waals surface area contributed by atoms with Gasteiger partial charge in [-0.25, -0.2) is 0 Å². The van der Waals surface area contributed by atoms with Gasteiger partial charge in [-0.05, 0) is 56.5 Å². The molecule has 2 unspecified atom stereocenters. The van der Waals surface area contributed by atoms with Crippen LogP contribution in [0.2, 0.25) is 0 Å². The number of amides is 1. The first kappa shape index (κ1) is 13.1. The molecule has 2 aliphatic heterocycles. The molecule has 0 aromatic heterocycles. The maximum atomic E-state index is 12.6. The molecular weight excluding hydrogens is 250 g/mol. The number of rotatable bonds is 2. The molecular formula is C16H19N3O. The molecule has 20 heavy (non-hydrogen) atoms. The first-order chi connectivity index (χ1) is 9.79. The van der Waals surface area contributed by atoms with Gasteiger partial charge in [0.25, 0.3) is 5.91 Å². The lowest BCUT2D eigenvalue weighted by Crippen LogP contribution is -2.46. The Labute approximate surface area is 119 Å². The average molecular weight is 269 g/mol. The van der Waals surface area contributed by atoms with Crippen LogP contribution in [0.3, 0.4) is 0 Å². The largest absolute Gasteiger partial charge is 0.334 e. The van der Waals surface area contributed by atoms with E-state index in [9.17, 15) is 4.79 Å². The summed E-state index contributed by atoms with van der Waals surface area (Å²) in [6, 6.07) is 9.83. The number of hydrogen-bond donors (Lipinski definition) is 1. The standard InChI is InChI=1S/C16H19N3O/c17-11-12-5-7-13(8-6-12)16(20)19-10-2-4-15(19)14-3-1-9-18-14/h5-8,14-15,18H,1-4,9-10H2. The van der Waals surface area contributed by atoms with Crippen molar-refractivity contribution < 1.29 is 4.79 Å². The van der Waals surface area contributed by atoms with E-state index in [-0.39, 0.29) is 5.91 Å². The number of benzene rings is 1. The molecule has 104 valence electrons. The Morgan fingerprint density at radius 3 is 2.70 bits per heavy atom. The monoisotopic (exact) mass is 269 g/mol. The Morgan fingerprint density at radius 2 is 2.05 bits per heavy atom. The molecule has 1 aromatic rings. The highest BCUT2D eigenvalue weighted by Gasteiger charge is 2.36. The summed E-state index contributed by atoms with van der Waals surface area (Å²) in [5, 5.41) is 12.3. The molecule has 4 nitrogen and oxygen atoms in total. The van der Waals surface area contributed by atoms with Gasteiger partial charge in [0.2, 0.25) is 0 Å². The van der Waals surface area contributed by atoms with E-state index in [1.807, 2.05) is 4.90 Å². The van der Waals surface area contributed by atoms with Crippen molar-refractivity contribution in [2.45, 2.75) is 37.8 Å². The first-order valence-electron chi connectivity index (χ1n) is 7.34. The zero-order valence-corrected chi connectivity index (χ0v) is 11.5. The van der Waals surface area contributed by atoms with Gasteiger partial charge in [-0.3, -0.25) is 4.79 Å². The summed E-state index contributed by atoms with van der Waals surface area (Å²) >= 11 is 0. The Kier molecular flexibility index (Phi) is 3.70. The molecule has 4 heteroatoms. The number of hydrogen-bond acceptors (Lipinski definition) is 3. The molecule has 0 spiro atoms. The highest BCUT2D eigenvalue weighted by Crippen LogP contribution is 2.26. The summed E-state index contributed by atoms with van der Waals surface area (Å²) in [5.74, 6) is 0.102. The average Bonchev–Trinajstić information content (AvgIpc) is 3.16. The van der Waals surface area contributed by atoms with Crippen LogP contribution >= 0.6 is 0 Å². The lowest BCUT2D eigenvalue weighted by atomic mass is 10.0. The predicted molar refractivity (Wildman–Crippen MR) is 76.2 cm³/mol. The van der Waals surface area contributed by atoms with Crippen LogP contribution in [0, 0.1) is 11.3 Å². The minimum absolute atomic E-state index is 0.102. The molecule has 3 rings (SSSR count). The minimum atomic E-state index is 0.102. The van der Waals surface area contributed by atoms with Crippen molar-refractivity contribution in [3.05, 3.63) is 35.4 Å². The number of nitrogens with one attached hydrogen (secondary N) is 1. The van der Waals surface area contributed by atoms with Crippen molar-refractivity contribution >= 4 is 5.91 Å². The fourth-order valence-electron chi connectivity index (χ4n) is 3.36. The maximum Gasteiger partial charge on any atom is 0.254 e. The summed E-state index contributed by atoms with van der Waals surface area (Å²) < 4.78 is 0. The smallest absolute Gasteiger partial charge is 0.254 e. The first-order valence-corrected chi connectivity index (χ1v) is 7.34. The topological polar surface area (TPSA) is 56.1 Å². The van der Waals surface area contributed by atoms with E-state index in [2.05, 4.69) is 11.4 Å². The zero-order chi connectivity index (χ0) is 13.9. The third kappa shape index (κ3) is 2.41. The number of carbonyl (C=O) groups excluding carboxylic acids is 1. The van der Waals surface area contributed by atoms with E-state index < -0.39 is 0 Å². The fourth-order valence-corrected chi connectivity index (χ4v) is 3.36. The lowest BCUT2D eigenvalue weighted by molar-refractivity contribution is 0.0711. The molecule has 0 aliphatic carbocycles. The van der Waals surface area contributed by atoms with Crippen LogP contribution < -0.4 is 5.32 Å². The quantitative estimate of drug-likeness (QED) is 0.892. The summed E-state index contributed by atoms with van der Waals surface area (Å²) in [6.45, 7) is 1.92. The second-order valence-corrected chi connectivity index (χ2v) is 5.60. The van der Waals surface area contributed by atoms with Gasteiger partial charge in [0.05, 0.1) is 11.6 Å². The summed E-state index contributed by atoms with van der Waals surface area (Å²) in [4.78, 5) is 14.6. The van der Waals surface area contributed by atoms with E-state index in [4.69, 9.17) is 5.26 Å². The number of likely N-dealkylation sites (tertiary alicyclic amines) is 1. The van der Waals surface area contributed by atoms with E-state index in [0.717, 1.165) is 25.9 Å². The molecule has 2 fully saturated rings. The third-order valence-electron chi connectivity index (χ3n) is 4.38. The zero-order valence-electron chi connectivity index (χ0n) is 11.5. The van der Waals surface area contributed by atoms with Gasteiger partial charge in [0.15, 0.2) is 0 Å². The number of carbonyl (C=O) groups is 1. The van der Waals surface area contributed by atoms with Crippen molar-refractivity contribution in [2.75, 3.05) is 13.1 Å². The van der Waals surface area contributed by atoms with Gasteiger partial charge >= 0.3 is 0 Å². The SMILES string of the molecule is N#Cc1ccc(C(=O)N2CCCC2C2CCCN2)cc1. The molecule has 2 aliphatic rings. The Morgan fingerprint density at radius 1 is 1.25 bits per heavy atom. The minimum Gasteiger partial charge on any atom is -0.334 e. The second kappa shape index (κ2) is 5.64. The van der Waals surface area contributed by atoms with Gasteiger partial charge < -0.3 is 10.2 Å². The van der Waals surface area contributed by atoms with Gasteiger partial charge in [-0.1, -0.05) is 0 Å². The van der Waals surface area contributed by atoms with Crippen LogP contribution in [0.4, 0.5) is 0 Å². The number of nitrogens with zero attached hydrogens (tertiary/aromatic N) is 2. The Hall–Kier alpha value is -1.86. The Balaban J connectivity index is 1.76. The van der Waals surface area contributed by atoms with E-state index in [1.165, 1.54) is 12.8 Å².